The second-order valence-electron chi connectivity index (χ2n) is 9.59. The van der Waals surface area contributed by atoms with Crippen LogP contribution in [-0.4, -0.2) is 21.8 Å². The van der Waals surface area contributed by atoms with Gasteiger partial charge in [0.2, 0.25) is 8.32 Å². The minimum atomic E-state index is -2.05. The van der Waals surface area contributed by atoms with Crippen LogP contribution >= 0.6 is 0 Å². The molecule has 0 unspecified atom stereocenters. The topological polar surface area (TPSA) is 26.3 Å². The summed E-state index contributed by atoms with van der Waals surface area (Å²) in [5.74, 6) is 0.834. The number of carbonyl (C=O) groups excluding carboxylic acids is 1. The smallest absolute Gasteiger partial charge is 0.250 e. The molecule has 0 heterocycles. The zero-order valence-corrected chi connectivity index (χ0v) is 18.6. The zero-order valence-electron chi connectivity index (χ0n) is 16.6. The first kappa shape index (κ1) is 20.2. The molecule has 2 nitrogen and oxygen atoms in total. The van der Waals surface area contributed by atoms with E-state index in [1.165, 1.54) is 0 Å². The number of benzene rings is 1. The summed E-state index contributed by atoms with van der Waals surface area (Å²) in [6.07, 6.45) is 0. The van der Waals surface area contributed by atoms with E-state index in [1.807, 2.05) is 24.3 Å². The van der Waals surface area contributed by atoms with Gasteiger partial charge in [0.15, 0.2) is 0 Å². The molecule has 0 aliphatic carbocycles. The SMILES string of the molecule is CC(C)(C)[Si](C)(C)Oc1cccc(C(=O)[Si](C)(C)C(C)(C)C)c1. The van der Waals surface area contributed by atoms with E-state index in [0.717, 1.165) is 11.3 Å². The molecule has 0 atom stereocenters. The Morgan fingerprint density at radius 3 is 1.87 bits per heavy atom. The standard InChI is InChI=1S/C19H34O2Si2/c1-18(2,3)22(7,8)17(20)15-12-11-13-16(14-15)21-23(9,10)19(4,5)6/h11-14H,1-10H3. The molecule has 0 bridgehead atoms. The lowest BCUT2D eigenvalue weighted by Gasteiger charge is -2.37. The monoisotopic (exact) mass is 350 g/mol. The van der Waals surface area contributed by atoms with Crippen molar-refractivity contribution in [3.8, 4) is 5.75 Å². The Morgan fingerprint density at radius 2 is 1.43 bits per heavy atom. The predicted molar refractivity (Wildman–Crippen MR) is 106 cm³/mol. The number of carbonyl (C=O) groups is 1. The van der Waals surface area contributed by atoms with Gasteiger partial charge in [-0.3, -0.25) is 0 Å². The molecule has 0 radical (unpaired) electrons. The van der Waals surface area contributed by atoms with Gasteiger partial charge in [0.05, 0.1) is 0 Å². The Balaban J connectivity index is 3.14. The zero-order chi connectivity index (χ0) is 18.3. The largest absolute Gasteiger partial charge is 0.543 e. The summed E-state index contributed by atoms with van der Waals surface area (Å²) in [5, 5.41) is 0.498. The van der Waals surface area contributed by atoms with Gasteiger partial charge in [-0.25, -0.2) is 0 Å². The number of hydrogen-bond donors (Lipinski definition) is 0. The van der Waals surface area contributed by atoms with E-state index >= 15 is 0 Å². The van der Waals surface area contributed by atoms with Crippen molar-refractivity contribution in [1.82, 2.24) is 0 Å². The predicted octanol–water partition coefficient (Wildman–Crippen LogP) is 6.30. The third-order valence-corrected chi connectivity index (χ3v) is 15.3. The van der Waals surface area contributed by atoms with Gasteiger partial charge in [-0.15, -0.1) is 0 Å². The molecule has 0 aromatic heterocycles. The maximum absolute atomic E-state index is 13.0. The van der Waals surface area contributed by atoms with Crippen LogP contribution in [0.2, 0.25) is 36.3 Å². The summed E-state index contributed by atoms with van der Waals surface area (Å²) in [6.45, 7) is 22.0. The van der Waals surface area contributed by atoms with Gasteiger partial charge < -0.3 is 9.22 Å². The highest BCUT2D eigenvalue weighted by atomic mass is 28.4. The highest BCUT2D eigenvalue weighted by molar-refractivity contribution is 7.08. The fraction of sp³-hybridized carbons (Fsp3) is 0.632. The molecule has 1 rings (SSSR count). The minimum Gasteiger partial charge on any atom is -0.543 e. The van der Waals surface area contributed by atoms with Gasteiger partial charge in [-0.05, 0) is 35.3 Å². The van der Waals surface area contributed by atoms with Crippen molar-refractivity contribution in [1.29, 1.82) is 0 Å². The highest BCUT2D eigenvalue weighted by Crippen LogP contribution is 2.39. The van der Waals surface area contributed by atoms with Crippen molar-refractivity contribution in [2.75, 3.05) is 0 Å². The van der Waals surface area contributed by atoms with Crippen LogP contribution in [0.3, 0.4) is 0 Å². The van der Waals surface area contributed by atoms with Crippen molar-refractivity contribution in [2.24, 2.45) is 0 Å². The van der Waals surface area contributed by atoms with Crippen LogP contribution in [0.15, 0.2) is 24.3 Å². The Kier molecular flexibility index (Phi) is 5.44. The Morgan fingerprint density at radius 1 is 0.913 bits per heavy atom. The van der Waals surface area contributed by atoms with E-state index in [9.17, 15) is 4.79 Å². The molecule has 4 heteroatoms. The molecule has 1 aromatic rings. The van der Waals surface area contributed by atoms with Crippen molar-refractivity contribution >= 4 is 21.8 Å². The van der Waals surface area contributed by atoms with Crippen LogP contribution in [0.1, 0.15) is 51.9 Å². The summed E-state index contributed by atoms with van der Waals surface area (Å²) in [4.78, 5) is 13.0. The van der Waals surface area contributed by atoms with Gasteiger partial charge in [-0.2, -0.15) is 0 Å². The van der Waals surface area contributed by atoms with Gasteiger partial charge >= 0.3 is 0 Å². The Bertz CT molecular complexity index is 576. The maximum atomic E-state index is 13.0. The molecule has 0 spiro atoms. The Labute approximate surface area is 144 Å². The van der Waals surface area contributed by atoms with Crippen LogP contribution in [-0.2, 0) is 0 Å². The first-order valence-electron chi connectivity index (χ1n) is 8.43. The average Bonchev–Trinajstić information content (AvgIpc) is 2.34. The summed E-state index contributed by atoms with van der Waals surface area (Å²) in [6, 6.07) is 7.80. The molecule has 0 aliphatic rings. The van der Waals surface area contributed by atoms with Crippen molar-refractivity contribution < 1.29 is 9.22 Å². The fourth-order valence-electron chi connectivity index (χ4n) is 1.85. The quantitative estimate of drug-likeness (QED) is 0.595. The van der Waals surface area contributed by atoms with E-state index in [0.29, 0.717) is 5.41 Å². The van der Waals surface area contributed by atoms with E-state index in [2.05, 4.69) is 67.7 Å². The van der Waals surface area contributed by atoms with E-state index in [-0.39, 0.29) is 10.1 Å². The molecular weight excluding hydrogens is 316 g/mol. The van der Waals surface area contributed by atoms with E-state index < -0.39 is 16.4 Å². The van der Waals surface area contributed by atoms with Crippen LogP contribution in [0.5, 0.6) is 5.75 Å². The van der Waals surface area contributed by atoms with E-state index in [1.54, 1.807) is 0 Å². The third kappa shape index (κ3) is 4.35. The summed E-state index contributed by atoms with van der Waals surface area (Å²) < 4.78 is 6.36. The van der Waals surface area contributed by atoms with Crippen molar-refractivity contribution in [3.63, 3.8) is 0 Å². The van der Waals surface area contributed by atoms with Crippen LogP contribution in [0.4, 0.5) is 0 Å². The number of rotatable bonds is 4. The summed E-state index contributed by atoms with van der Waals surface area (Å²) in [7, 11) is -3.94. The third-order valence-electron chi connectivity index (χ3n) is 5.72. The molecule has 0 saturated heterocycles. The molecule has 0 saturated carbocycles. The molecule has 0 fully saturated rings. The molecule has 0 amide bonds. The summed E-state index contributed by atoms with van der Waals surface area (Å²) >= 11 is 0. The fourth-order valence-corrected chi connectivity index (χ4v) is 4.43. The highest BCUT2D eigenvalue weighted by Gasteiger charge is 2.43. The lowest BCUT2D eigenvalue weighted by Crippen LogP contribution is -2.46. The second kappa shape index (κ2) is 6.21. The van der Waals surface area contributed by atoms with E-state index in [4.69, 9.17) is 4.43 Å². The molecular formula is C19H34O2Si2. The average molecular weight is 351 g/mol. The van der Waals surface area contributed by atoms with Gasteiger partial charge in [0.1, 0.15) is 19.2 Å². The molecule has 0 aliphatic heterocycles. The normalized spacial score (nSPS) is 13.8. The summed E-state index contributed by atoms with van der Waals surface area (Å²) in [5.41, 5.74) is 0.799. The van der Waals surface area contributed by atoms with Crippen LogP contribution < -0.4 is 4.43 Å². The maximum Gasteiger partial charge on any atom is 0.250 e. The minimum absolute atomic E-state index is 0.0420. The molecule has 23 heavy (non-hydrogen) atoms. The van der Waals surface area contributed by atoms with Gasteiger partial charge in [0.25, 0.3) is 0 Å². The van der Waals surface area contributed by atoms with Crippen LogP contribution in [0.25, 0.3) is 0 Å². The molecule has 1 aromatic carbocycles. The lowest BCUT2D eigenvalue weighted by atomic mass is 10.2. The van der Waals surface area contributed by atoms with Crippen molar-refractivity contribution in [3.05, 3.63) is 29.8 Å². The van der Waals surface area contributed by atoms with Gasteiger partial charge in [-0.1, -0.05) is 66.8 Å². The second-order valence-corrected chi connectivity index (χ2v) is 19.5. The molecule has 130 valence electrons. The number of hydrogen-bond acceptors (Lipinski definition) is 2. The molecule has 0 N–H and O–H groups in total. The van der Waals surface area contributed by atoms with Gasteiger partial charge in [0, 0.05) is 5.56 Å². The Hall–Kier alpha value is -0.876. The first-order valence-corrected chi connectivity index (χ1v) is 14.3. The van der Waals surface area contributed by atoms with Crippen molar-refractivity contribution in [2.45, 2.75) is 77.8 Å². The lowest BCUT2D eigenvalue weighted by molar-refractivity contribution is 0.106. The van der Waals surface area contributed by atoms with Crippen LogP contribution in [0, 0.1) is 0 Å². The first-order chi connectivity index (χ1) is 10.1.